The van der Waals surface area contributed by atoms with Crippen LogP contribution in [0.5, 0.6) is 0 Å². The number of allylic oxidation sites excluding steroid dienone is 2. The van der Waals surface area contributed by atoms with Crippen LogP contribution < -0.4 is 11.1 Å². The average molecular weight is 165 g/mol. The van der Waals surface area contributed by atoms with Gasteiger partial charge in [-0.15, -0.1) is 0 Å². The van der Waals surface area contributed by atoms with Gasteiger partial charge in [-0.25, -0.2) is 0 Å². The van der Waals surface area contributed by atoms with E-state index in [2.05, 4.69) is 17.0 Å². The smallest absolute Gasteiger partial charge is 0.0863 e. The summed E-state index contributed by atoms with van der Waals surface area (Å²) in [6.45, 7) is 5.35. The molecule has 0 bridgehead atoms. The van der Waals surface area contributed by atoms with Crippen molar-refractivity contribution < 1.29 is 0 Å². The average Bonchev–Trinajstić information content (AvgIpc) is 2.07. The van der Waals surface area contributed by atoms with Gasteiger partial charge in [-0.3, -0.25) is 4.99 Å². The van der Waals surface area contributed by atoms with E-state index in [0.29, 0.717) is 5.70 Å². The molecular formula is C9H15N3. The van der Waals surface area contributed by atoms with Gasteiger partial charge in [0.25, 0.3) is 0 Å². The van der Waals surface area contributed by atoms with E-state index >= 15 is 0 Å². The molecule has 0 aromatic carbocycles. The number of hydrogen-bond acceptors (Lipinski definition) is 3. The first kappa shape index (κ1) is 10.5. The molecule has 0 radical (unpaired) electrons. The minimum absolute atomic E-state index is 0.669. The summed E-state index contributed by atoms with van der Waals surface area (Å²) in [5, 5.41) is 2.90. The molecule has 0 aromatic heterocycles. The van der Waals surface area contributed by atoms with Gasteiger partial charge >= 0.3 is 0 Å². The van der Waals surface area contributed by atoms with E-state index in [9.17, 15) is 0 Å². The van der Waals surface area contributed by atoms with Gasteiger partial charge in [-0.05, 0) is 13.6 Å². The highest BCUT2D eigenvalue weighted by molar-refractivity contribution is 5.43. The first-order chi connectivity index (χ1) is 5.79. The van der Waals surface area contributed by atoms with Crippen molar-refractivity contribution in [1.82, 2.24) is 5.32 Å². The first-order valence-corrected chi connectivity index (χ1v) is 3.69. The Balaban J connectivity index is 4.72. The second kappa shape index (κ2) is 6.22. The molecule has 0 aromatic rings. The lowest BCUT2D eigenvalue weighted by molar-refractivity contribution is 1.08. The quantitative estimate of drug-likeness (QED) is 0.485. The second-order valence-electron chi connectivity index (χ2n) is 2.10. The maximum absolute atomic E-state index is 5.35. The summed E-state index contributed by atoms with van der Waals surface area (Å²) >= 11 is 0. The molecule has 0 fully saturated rings. The first-order valence-electron chi connectivity index (χ1n) is 3.69. The summed E-state index contributed by atoms with van der Waals surface area (Å²) in [7, 11) is 1.82. The van der Waals surface area contributed by atoms with E-state index in [-0.39, 0.29) is 0 Å². The molecule has 0 aliphatic carbocycles. The lowest BCUT2D eigenvalue weighted by Gasteiger charge is -2.00. The molecule has 3 nitrogen and oxygen atoms in total. The van der Waals surface area contributed by atoms with Gasteiger partial charge in [0.1, 0.15) is 0 Å². The molecule has 0 saturated carbocycles. The van der Waals surface area contributed by atoms with Crippen LogP contribution in [0.4, 0.5) is 0 Å². The van der Waals surface area contributed by atoms with E-state index in [1.807, 2.05) is 32.3 Å². The predicted octanol–water partition coefficient (Wildman–Crippen LogP) is 1.17. The zero-order chi connectivity index (χ0) is 9.40. The minimum atomic E-state index is 0.669. The van der Waals surface area contributed by atoms with Gasteiger partial charge in [0.05, 0.1) is 5.70 Å². The number of nitrogens with one attached hydrogen (secondary N) is 1. The lowest BCUT2D eigenvalue weighted by Crippen LogP contribution is -1.98. The van der Waals surface area contributed by atoms with Crippen molar-refractivity contribution in [2.45, 2.75) is 6.92 Å². The Morgan fingerprint density at radius 1 is 1.58 bits per heavy atom. The Hall–Kier alpha value is -1.51. The van der Waals surface area contributed by atoms with Gasteiger partial charge in [-0.1, -0.05) is 12.2 Å². The highest BCUT2D eigenvalue weighted by Crippen LogP contribution is 2.09. The number of nitrogens with two attached hydrogens (primary N) is 1. The van der Waals surface area contributed by atoms with Crippen molar-refractivity contribution in [2.75, 3.05) is 7.05 Å². The van der Waals surface area contributed by atoms with Crippen LogP contribution in [0.15, 0.2) is 40.8 Å². The number of rotatable bonds is 4. The second-order valence-corrected chi connectivity index (χ2v) is 2.10. The molecule has 0 heterocycles. The van der Waals surface area contributed by atoms with Crippen LogP contribution in [-0.2, 0) is 0 Å². The highest BCUT2D eigenvalue weighted by atomic mass is 14.8. The van der Waals surface area contributed by atoms with Crippen LogP contribution in [-0.4, -0.2) is 13.8 Å². The molecule has 0 spiro atoms. The summed E-state index contributed by atoms with van der Waals surface area (Å²) in [6, 6.07) is 0. The third kappa shape index (κ3) is 3.05. The Kier molecular flexibility index (Phi) is 5.43. The van der Waals surface area contributed by atoms with Crippen molar-refractivity contribution >= 4 is 6.72 Å². The minimum Gasteiger partial charge on any atom is -0.403 e. The van der Waals surface area contributed by atoms with Crippen LogP contribution >= 0.6 is 0 Å². The summed E-state index contributed by atoms with van der Waals surface area (Å²) in [4.78, 5) is 3.77. The van der Waals surface area contributed by atoms with Crippen molar-refractivity contribution in [1.29, 1.82) is 0 Å². The maximum atomic E-state index is 5.35. The molecule has 0 aliphatic heterocycles. The van der Waals surface area contributed by atoms with Crippen molar-refractivity contribution in [3.8, 4) is 0 Å². The monoisotopic (exact) mass is 165 g/mol. The Morgan fingerprint density at radius 3 is 2.58 bits per heavy atom. The summed E-state index contributed by atoms with van der Waals surface area (Å²) in [5.74, 6) is 0. The van der Waals surface area contributed by atoms with E-state index in [1.54, 1.807) is 0 Å². The fraction of sp³-hybridized carbons (Fsp3) is 0.222. The Bertz CT molecular complexity index is 224. The Morgan fingerprint density at radius 2 is 2.25 bits per heavy atom. The van der Waals surface area contributed by atoms with Crippen LogP contribution in [0, 0.1) is 0 Å². The van der Waals surface area contributed by atoms with Crippen LogP contribution in [0.2, 0.25) is 0 Å². The molecular weight excluding hydrogens is 150 g/mol. The van der Waals surface area contributed by atoms with Gasteiger partial charge in [0.15, 0.2) is 0 Å². The molecule has 0 unspecified atom stereocenters. The number of hydrogen-bond donors (Lipinski definition) is 2. The molecule has 66 valence electrons. The predicted molar refractivity (Wildman–Crippen MR) is 53.8 cm³/mol. The maximum Gasteiger partial charge on any atom is 0.0863 e. The fourth-order valence-corrected chi connectivity index (χ4v) is 0.783. The SMILES string of the molecule is C=NC(=C/N)/C(/C=C\C)=C\NC. The standard InChI is InChI=1S/C9H15N3/c1-4-5-8(7-11-2)9(6-10)12-3/h4-7,11H,3,10H2,1-2H3/b5-4-,8-7-,9-6+. The van der Waals surface area contributed by atoms with Crippen molar-refractivity contribution in [3.05, 3.63) is 35.8 Å². The molecule has 3 N–H and O–H groups in total. The summed E-state index contributed by atoms with van der Waals surface area (Å²) < 4.78 is 0. The topological polar surface area (TPSA) is 50.4 Å². The highest BCUT2D eigenvalue weighted by Gasteiger charge is 1.96. The van der Waals surface area contributed by atoms with Crippen LogP contribution in [0.25, 0.3) is 0 Å². The van der Waals surface area contributed by atoms with E-state index in [1.165, 1.54) is 6.20 Å². The lowest BCUT2D eigenvalue weighted by atomic mass is 10.2. The largest absolute Gasteiger partial charge is 0.403 e. The van der Waals surface area contributed by atoms with Gasteiger partial charge < -0.3 is 11.1 Å². The molecule has 0 aliphatic rings. The molecule has 3 heteroatoms. The number of nitrogens with zero attached hydrogens (tertiary/aromatic N) is 1. The van der Waals surface area contributed by atoms with Crippen molar-refractivity contribution in [3.63, 3.8) is 0 Å². The molecule has 12 heavy (non-hydrogen) atoms. The zero-order valence-corrected chi connectivity index (χ0v) is 7.54. The molecule has 0 saturated heterocycles. The molecule has 0 amide bonds. The number of aliphatic imine (C=N–C) groups is 1. The van der Waals surface area contributed by atoms with Crippen molar-refractivity contribution in [2.24, 2.45) is 10.7 Å². The van der Waals surface area contributed by atoms with E-state index in [0.717, 1.165) is 5.57 Å². The van der Waals surface area contributed by atoms with Gasteiger partial charge in [0.2, 0.25) is 0 Å². The van der Waals surface area contributed by atoms with E-state index in [4.69, 9.17) is 5.73 Å². The third-order valence-corrected chi connectivity index (χ3v) is 1.27. The Labute approximate surface area is 73.4 Å². The van der Waals surface area contributed by atoms with E-state index < -0.39 is 0 Å². The zero-order valence-electron chi connectivity index (χ0n) is 7.54. The molecule has 0 atom stereocenters. The third-order valence-electron chi connectivity index (χ3n) is 1.27. The fourth-order valence-electron chi connectivity index (χ4n) is 0.783. The van der Waals surface area contributed by atoms with Gasteiger partial charge in [-0.2, -0.15) is 0 Å². The normalized spacial score (nSPS) is 13.5. The summed E-state index contributed by atoms with van der Waals surface area (Å²) in [6.07, 6.45) is 7.06. The van der Waals surface area contributed by atoms with Gasteiger partial charge in [0, 0.05) is 25.0 Å². The summed E-state index contributed by atoms with van der Waals surface area (Å²) in [5.41, 5.74) is 6.93. The van der Waals surface area contributed by atoms with Crippen LogP contribution in [0.1, 0.15) is 6.92 Å². The molecule has 0 rings (SSSR count). The van der Waals surface area contributed by atoms with Crippen LogP contribution in [0.3, 0.4) is 0 Å².